The zero-order valence-corrected chi connectivity index (χ0v) is 19.8. The molecule has 0 saturated heterocycles. The van der Waals surface area contributed by atoms with Crippen LogP contribution in [0.4, 0.5) is 9.52 Å². The van der Waals surface area contributed by atoms with Gasteiger partial charge in [0.05, 0.1) is 18.5 Å². The SMILES string of the molecule is CNc1nc(C(C)c2ccc(-c3ccccc3)c(F)c2)cs1.O=C(O)CC(O)(CC(=O)O)C(=O)O. The molecular formula is C24H25FN2O7S. The van der Waals surface area contributed by atoms with Gasteiger partial charge in [0.1, 0.15) is 5.82 Å². The van der Waals surface area contributed by atoms with E-state index in [-0.39, 0.29) is 11.7 Å². The predicted octanol–water partition coefficient (Wildman–Crippen LogP) is 3.89. The van der Waals surface area contributed by atoms with Crippen LogP contribution in [0.1, 0.15) is 36.9 Å². The topological polar surface area (TPSA) is 157 Å². The molecule has 1 atom stereocenters. The number of anilines is 1. The van der Waals surface area contributed by atoms with Crippen LogP contribution in [0.25, 0.3) is 11.1 Å². The van der Waals surface area contributed by atoms with Gasteiger partial charge in [0.25, 0.3) is 0 Å². The van der Waals surface area contributed by atoms with Crippen LogP contribution in [0.2, 0.25) is 0 Å². The quantitative estimate of drug-likeness (QED) is 0.291. The van der Waals surface area contributed by atoms with E-state index in [9.17, 15) is 18.8 Å². The molecule has 0 fully saturated rings. The van der Waals surface area contributed by atoms with E-state index in [0.717, 1.165) is 22.0 Å². The van der Waals surface area contributed by atoms with E-state index in [0.29, 0.717) is 5.56 Å². The Morgan fingerprint density at radius 1 is 1.06 bits per heavy atom. The minimum atomic E-state index is -2.74. The highest BCUT2D eigenvalue weighted by molar-refractivity contribution is 7.13. The van der Waals surface area contributed by atoms with Crippen molar-refractivity contribution >= 4 is 34.4 Å². The molecule has 0 radical (unpaired) electrons. The zero-order valence-electron chi connectivity index (χ0n) is 18.9. The molecule has 186 valence electrons. The fraction of sp³-hybridized carbons (Fsp3) is 0.250. The van der Waals surface area contributed by atoms with Crippen molar-refractivity contribution in [2.75, 3.05) is 12.4 Å². The van der Waals surface area contributed by atoms with Gasteiger partial charge in [-0.05, 0) is 17.2 Å². The summed E-state index contributed by atoms with van der Waals surface area (Å²) in [5.74, 6) is -5.15. The second-order valence-electron chi connectivity index (χ2n) is 7.63. The Morgan fingerprint density at radius 2 is 1.66 bits per heavy atom. The van der Waals surface area contributed by atoms with Crippen molar-refractivity contribution in [1.29, 1.82) is 0 Å². The van der Waals surface area contributed by atoms with Gasteiger partial charge in [-0.25, -0.2) is 14.2 Å². The van der Waals surface area contributed by atoms with Gasteiger partial charge in [0.15, 0.2) is 10.7 Å². The molecule has 3 rings (SSSR count). The molecule has 2 aromatic carbocycles. The highest BCUT2D eigenvalue weighted by atomic mass is 32.1. The van der Waals surface area contributed by atoms with Crippen LogP contribution < -0.4 is 5.32 Å². The van der Waals surface area contributed by atoms with Crippen molar-refractivity contribution in [2.24, 2.45) is 0 Å². The molecule has 1 heterocycles. The van der Waals surface area contributed by atoms with E-state index in [4.69, 9.17) is 20.4 Å². The molecule has 0 aliphatic rings. The first kappa shape index (κ1) is 27.4. The number of nitrogens with zero attached hydrogens (tertiary/aromatic N) is 1. The first-order valence-electron chi connectivity index (χ1n) is 10.3. The third-order valence-corrected chi connectivity index (χ3v) is 5.92. The normalized spacial score (nSPS) is 11.7. The Bertz CT molecular complexity index is 1170. The van der Waals surface area contributed by atoms with Crippen molar-refractivity contribution in [3.8, 4) is 11.1 Å². The maximum atomic E-state index is 14.5. The van der Waals surface area contributed by atoms with Crippen molar-refractivity contribution in [3.05, 3.63) is 71.0 Å². The van der Waals surface area contributed by atoms with E-state index in [1.54, 1.807) is 17.4 Å². The summed E-state index contributed by atoms with van der Waals surface area (Å²) in [6.07, 6.45) is -2.29. The third-order valence-electron chi connectivity index (χ3n) is 5.04. The van der Waals surface area contributed by atoms with Crippen molar-refractivity contribution < 1.29 is 39.2 Å². The molecule has 0 bridgehead atoms. The summed E-state index contributed by atoms with van der Waals surface area (Å²) in [5.41, 5.74) is 0.680. The lowest BCUT2D eigenvalue weighted by atomic mass is 9.95. The van der Waals surface area contributed by atoms with Crippen LogP contribution in [0, 0.1) is 5.82 Å². The number of aliphatic carboxylic acids is 3. The maximum Gasteiger partial charge on any atom is 0.336 e. The molecule has 1 aromatic heterocycles. The van der Waals surface area contributed by atoms with Crippen LogP contribution in [-0.4, -0.2) is 56.0 Å². The highest BCUT2D eigenvalue weighted by Gasteiger charge is 2.40. The molecule has 0 saturated carbocycles. The van der Waals surface area contributed by atoms with Gasteiger partial charge in [-0.1, -0.05) is 49.4 Å². The number of carbonyl (C=O) groups is 3. The lowest BCUT2D eigenvalue weighted by molar-refractivity contribution is -0.170. The number of hydrogen-bond donors (Lipinski definition) is 5. The number of hydrogen-bond acceptors (Lipinski definition) is 7. The number of carboxylic acids is 3. The van der Waals surface area contributed by atoms with Gasteiger partial charge in [0, 0.05) is 23.9 Å². The molecule has 35 heavy (non-hydrogen) atoms. The standard InChI is InChI=1S/C18H17FN2S.C6H8O7/c1-12(17-11-22-18(20-2)21-17)14-8-9-15(16(19)10-14)13-6-4-3-5-7-13;7-3(8)1-6(13,5(11)12)2-4(9)10/h3-12H,1-2H3,(H,20,21);13H,1-2H2,(H,7,8)(H,9,10)(H,11,12). The lowest BCUT2D eigenvalue weighted by Gasteiger charge is -2.18. The van der Waals surface area contributed by atoms with E-state index < -0.39 is 36.4 Å². The van der Waals surface area contributed by atoms with E-state index >= 15 is 0 Å². The van der Waals surface area contributed by atoms with Crippen LogP contribution >= 0.6 is 11.3 Å². The van der Waals surface area contributed by atoms with Crippen molar-refractivity contribution in [1.82, 2.24) is 4.98 Å². The van der Waals surface area contributed by atoms with Gasteiger partial charge in [0.2, 0.25) is 0 Å². The van der Waals surface area contributed by atoms with Crippen LogP contribution in [0.15, 0.2) is 53.9 Å². The minimum absolute atomic E-state index is 0.0673. The molecule has 0 spiro atoms. The maximum absolute atomic E-state index is 14.5. The second-order valence-corrected chi connectivity index (χ2v) is 8.49. The van der Waals surface area contributed by atoms with Crippen LogP contribution in [0.3, 0.4) is 0 Å². The lowest BCUT2D eigenvalue weighted by Crippen LogP contribution is -2.42. The van der Waals surface area contributed by atoms with Crippen molar-refractivity contribution in [2.45, 2.75) is 31.3 Å². The first-order chi connectivity index (χ1) is 16.5. The first-order valence-corrected chi connectivity index (χ1v) is 11.2. The van der Waals surface area contributed by atoms with E-state index in [2.05, 4.69) is 10.3 Å². The molecule has 11 heteroatoms. The Kier molecular flexibility index (Phi) is 9.43. The van der Waals surface area contributed by atoms with Gasteiger partial charge >= 0.3 is 17.9 Å². The molecule has 1 unspecified atom stereocenters. The Labute approximate surface area is 204 Å². The molecule has 0 aliphatic heterocycles. The van der Waals surface area contributed by atoms with Gasteiger partial charge < -0.3 is 25.7 Å². The number of carboxylic acid groups (broad SMARTS) is 3. The highest BCUT2D eigenvalue weighted by Crippen LogP contribution is 2.30. The number of halogens is 1. The number of rotatable bonds is 9. The molecule has 3 aromatic rings. The number of benzene rings is 2. The average Bonchev–Trinajstić information content (AvgIpc) is 3.28. The van der Waals surface area contributed by atoms with Gasteiger partial charge in [-0.15, -0.1) is 11.3 Å². The van der Waals surface area contributed by atoms with E-state index in [1.807, 2.05) is 61.8 Å². The van der Waals surface area contributed by atoms with Gasteiger partial charge in [-0.3, -0.25) is 9.59 Å². The monoisotopic (exact) mass is 504 g/mol. The molecule has 9 nitrogen and oxygen atoms in total. The molecule has 5 N–H and O–H groups in total. The predicted molar refractivity (Wildman–Crippen MR) is 128 cm³/mol. The molecular weight excluding hydrogens is 479 g/mol. The smallest absolute Gasteiger partial charge is 0.336 e. The Balaban J connectivity index is 0.000000287. The number of aromatic nitrogens is 1. The van der Waals surface area contributed by atoms with Gasteiger partial charge in [-0.2, -0.15) is 0 Å². The molecule has 0 amide bonds. The van der Waals surface area contributed by atoms with Crippen LogP contribution in [0.5, 0.6) is 0 Å². The average molecular weight is 505 g/mol. The Hall–Kier alpha value is -3.83. The number of thiazole rings is 1. The summed E-state index contributed by atoms with van der Waals surface area (Å²) in [6.45, 7) is 2.05. The molecule has 0 aliphatic carbocycles. The second kappa shape index (κ2) is 12.0. The third kappa shape index (κ3) is 7.59. The summed E-state index contributed by atoms with van der Waals surface area (Å²) < 4.78 is 14.5. The summed E-state index contributed by atoms with van der Waals surface area (Å²) in [7, 11) is 1.85. The Morgan fingerprint density at radius 3 is 2.11 bits per heavy atom. The number of nitrogens with one attached hydrogen (secondary N) is 1. The summed E-state index contributed by atoms with van der Waals surface area (Å²) >= 11 is 1.56. The zero-order chi connectivity index (χ0) is 26.2. The summed E-state index contributed by atoms with van der Waals surface area (Å²) in [6, 6.07) is 15.0. The fourth-order valence-corrected chi connectivity index (χ4v) is 3.90. The largest absolute Gasteiger partial charge is 0.481 e. The number of aliphatic hydroxyl groups is 1. The summed E-state index contributed by atoms with van der Waals surface area (Å²) in [4.78, 5) is 35.0. The van der Waals surface area contributed by atoms with E-state index in [1.165, 1.54) is 0 Å². The minimum Gasteiger partial charge on any atom is -0.481 e. The van der Waals surface area contributed by atoms with Crippen LogP contribution in [-0.2, 0) is 14.4 Å². The fourth-order valence-electron chi connectivity index (χ4n) is 3.14. The van der Waals surface area contributed by atoms with Crippen molar-refractivity contribution in [3.63, 3.8) is 0 Å². The summed E-state index contributed by atoms with van der Waals surface area (Å²) in [5, 5.41) is 39.7.